The van der Waals surface area contributed by atoms with Crippen molar-refractivity contribution in [2.24, 2.45) is 0 Å². The van der Waals surface area contributed by atoms with Crippen LogP contribution in [0.1, 0.15) is 18.5 Å². The summed E-state index contributed by atoms with van der Waals surface area (Å²) >= 11 is 0. The zero-order chi connectivity index (χ0) is 13.6. The lowest BCUT2D eigenvalue weighted by atomic mass is 10.1. The van der Waals surface area contributed by atoms with Crippen LogP contribution in [-0.2, 0) is 10.0 Å². The number of hydrogen-bond donors (Lipinski definition) is 2. The molecular formula is C12H20N2O3S. The molecule has 1 atom stereocenters. The molecule has 0 fully saturated rings. The second-order valence-corrected chi connectivity index (χ2v) is 5.95. The second-order valence-electron chi connectivity index (χ2n) is 4.12. The van der Waals surface area contributed by atoms with Crippen molar-refractivity contribution in [3.05, 3.63) is 29.8 Å². The van der Waals surface area contributed by atoms with Gasteiger partial charge in [0, 0.05) is 19.1 Å². The molecule has 2 N–H and O–H groups in total. The molecule has 0 radical (unpaired) electrons. The maximum Gasteiger partial charge on any atom is 0.208 e. The van der Waals surface area contributed by atoms with Crippen LogP contribution in [0.2, 0.25) is 0 Å². The van der Waals surface area contributed by atoms with E-state index in [2.05, 4.69) is 10.0 Å². The molecule has 1 aromatic carbocycles. The molecule has 1 aromatic rings. The normalized spacial score (nSPS) is 13.3. The third-order valence-electron chi connectivity index (χ3n) is 2.56. The molecule has 102 valence electrons. The Morgan fingerprint density at radius 1 is 1.22 bits per heavy atom. The van der Waals surface area contributed by atoms with Crippen LogP contribution >= 0.6 is 0 Å². The van der Waals surface area contributed by atoms with E-state index in [0.717, 1.165) is 17.6 Å². The first-order valence-electron chi connectivity index (χ1n) is 5.74. The highest BCUT2D eigenvalue weighted by Gasteiger charge is 2.05. The molecule has 0 bridgehead atoms. The minimum absolute atomic E-state index is 0.164. The molecule has 0 aliphatic carbocycles. The van der Waals surface area contributed by atoms with Gasteiger partial charge in [-0.2, -0.15) is 0 Å². The molecule has 0 aliphatic heterocycles. The van der Waals surface area contributed by atoms with Crippen LogP contribution in [0.5, 0.6) is 5.75 Å². The number of nitrogens with one attached hydrogen (secondary N) is 2. The minimum Gasteiger partial charge on any atom is -0.497 e. The summed E-state index contributed by atoms with van der Waals surface area (Å²) in [5.74, 6) is 0.824. The van der Waals surface area contributed by atoms with Crippen molar-refractivity contribution in [1.29, 1.82) is 0 Å². The average molecular weight is 272 g/mol. The van der Waals surface area contributed by atoms with Crippen LogP contribution < -0.4 is 14.8 Å². The molecule has 0 amide bonds. The van der Waals surface area contributed by atoms with E-state index in [-0.39, 0.29) is 6.04 Å². The molecule has 18 heavy (non-hydrogen) atoms. The molecule has 0 saturated heterocycles. The lowest BCUT2D eigenvalue weighted by molar-refractivity contribution is 0.414. The Bertz CT molecular complexity index is 457. The topological polar surface area (TPSA) is 67.4 Å². The highest BCUT2D eigenvalue weighted by molar-refractivity contribution is 7.88. The van der Waals surface area contributed by atoms with Crippen molar-refractivity contribution in [2.75, 3.05) is 26.5 Å². The van der Waals surface area contributed by atoms with Crippen molar-refractivity contribution < 1.29 is 13.2 Å². The maximum atomic E-state index is 10.9. The van der Waals surface area contributed by atoms with E-state index in [1.807, 2.05) is 31.2 Å². The highest BCUT2D eigenvalue weighted by Crippen LogP contribution is 2.16. The Kier molecular flexibility index (Phi) is 5.58. The number of benzene rings is 1. The fourth-order valence-corrected chi connectivity index (χ4v) is 2.01. The standard InChI is InChI=1S/C12H20N2O3S/c1-10(13-8-9-14-18(3,15)16)11-4-6-12(17-2)7-5-11/h4-7,10,13-14H,8-9H2,1-3H3. The van der Waals surface area contributed by atoms with Gasteiger partial charge >= 0.3 is 0 Å². The van der Waals surface area contributed by atoms with Gasteiger partial charge in [0.05, 0.1) is 13.4 Å². The lowest BCUT2D eigenvalue weighted by Gasteiger charge is -2.14. The van der Waals surface area contributed by atoms with Crippen LogP contribution in [0.15, 0.2) is 24.3 Å². The number of methoxy groups -OCH3 is 1. The van der Waals surface area contributed by atoms with Gasteiger partial charge in [-0.15, -0.1) is 0 Å². The summed E-state index contributed by atoms with van der Waals surface area (Å²) in [7, 11) is -1.47. The molecule has 1 rings (SSSR count). The van der Waals surface area contributed by atoms with Crippen molar-refractivity contribution in [2.45, 2.75) is 13.0 Å². The summed E-state index contributed by atoms with van der Waals surface area (Å²) in [5.41, 5.74) is 1.13. The van der Waals surface area contributed by atoms with Crippen molar-refractivity contribution in [1.82, 2.24) is 10.0 Å². The monoisotopic (exact) mass is 272 g/mol. The first kappa shape index (κ1) is 14.9. The molecule has 0 heterocycles. The van der Waals surface area contributed by atoms with Gasteiger partial charge in [0.25, 0.3) is 0 Å². The molecule has 5 nitrogen and oxygen atoms in total. The van der Waals surface area contributed by atoms with Gasteiger partial charge in [-0.3, -0.25) is 0 Å². The predicted octanol–water partition coefficient (Wildman–Crippen LogP) is 0.895. The minimum atomic E-state index is -3.10. The number of sulfonamides is 1. The molecule has 6 heteroatoms. The number of hydrogen-bond acceptors (Lipinski definition) is 4. The Hall–Kier alpha value is -1.11. The zero-order valence-corrected chi connectivity index (χ0v) is 11.8. The van der Waals surface area contributed by atoms with Crippen LogP contribution in [0.4, 0.5) is 0 Å². The Morgan fingerprint density at radius 2 is 1.83 bits per heavy atom. The van der Waals surface area contributed by atoms with E-state index in [4.69, 9.17) is 4.74 Å². The smallest absolute Gasteiger partial charge is 0.208 e. The van der Waals surface area contributed by atoms with Crippen LogP contribution in [0, 0.1) is 0 Å². The highest BCUT2D eigenvalue weighted by atomic mass is 32.2. The van der Waals surface area contributed by atoms with E-state index >= 15 is 0 Å². The fraction of sp³-hybridized carbons (Fsp3) is 0.500. The van der Waals surface area contributed by atoms with Crippen LogP contribution in [0.3, 0.4) is 0 Å². The third kappa shape index (κ3) is 5.48. The Morgan fingerprint density at radius 3 is 2.33 bits per heavy atom. The van der Waals surface area contributed by atoms with Crippen molar-refractivity contribution in [3.8, 4) is 5.75 Å². The van der Waals surface area contributed by atoms with Crippen molar-refractivity contribution in [3.63, 3.8) is 0 Å². The second kappa shape index (κ2) is 6.72. The van der Waals surface area contributed by atoms with Gasteiger partial charge in [0.2, 0.25) is 10.0 Å². The quantitative estimate of drug-likeness (QED) is 0.724. The summed E-state index contributed by atoms with van der Waals surface area (Å²) in [6, 6.07) is 7.95. The fourth-order valence-electron chi connectivity index (χ4n) is 1.54. The SMILES string of the molecule is COc1ccc(C(C)NCCNS(C)(=O)=O)cc1. The van der Waals surface area contributed by atoms with Gasteiger partial charge < -0.3 is 10.1 Å². The average Bonchev–Trinajstić information content (AvgIpc) is 2.33. The van der Waals surface area contributed by atoms with Crippen LogP contribution in [0.25, 0.3) is 0 Å². The van der Waals surface area contributed by atoms with Gasteiger partial charge in [-0.1, -0.05) is 12.1 Å². The third-order valence-corrected chi connectivity index (χ3v) is 3.28. The predicted molar refractivity (Wildman–Crippen MR) is 72.3 cm³/mol. The van der Waals surface area contributed by atoms with Gasteiger partial charge in [-0.05, 0) is 24.6 Å². The van der Waals surface area contributed by atoms with Gasteiger partial charge in [0.15, 0.2) is 0 Å². The summed E-state index contributed by atoms with van der Waals surface area (Å²) in [6.07, 6.45) is 1.15. The number of ether oxygens (including phenoxy) is 1. The summed E-state index contributed by atoms with van der Waals surface area (Å²) in [5, 5.41) is 3.24. The van der Waals surface area contributed by atoms with Gasteiger partial charge in [0.1, 0.15) is 5.75 Å². The molecule has 0 saturated carbocycles. The van der Waals surface area contributed by atoms with Crippen LogP contribution in [-0.4, -0.2) is 34.9 Å². The molecule has 0 aliphatic rings. The molecular weight excluding hydrogens is 252 g/mol. The first-order chi connectivity index (χ1) is 8.42. The zero-order valence-electron chi connectivity index (χ0n) is 10.9. The molecule has 1 unspecified atom stereocenters. The summed E-state index contributed by atoms with van der Waals surface area (Å²) < 4.78 is 29.3. The van der Waals surface area contributed by atoms with E-state index in [0.29, 0.717) is 13.1 Å². The van der Waals surface area contributed by atoms with E-state index < -0.39 is 10.0 Å². The van der Waals surface area contributed by atoms with E-state index in [1.165, 1.54) is 0 Å². The first-order valence-corrected chi connectivity index (χ1v) is 7.63. The van der Waals surface area contributed by atoms with E-state index in [1.54, 1.807) is 7.11 Å². The number of rotatable bonds is 7. The Balaban J connectivity index is 2.38. The van der Waals surface area contributed by atoms with Crippen molar-refractivity contribution >= 4 is 10.0 Å². The summed E-state index contributed by atoms with van der Waals surface area (Å²) in [4.78, 5) is 0. The van der Waals surface area contributed by atoms with E-state index in [9.17, 15) is 8.42 Å². The molecule has 0 spiro atoms. The lowest BCUT2D eigenvalue weighted by Crippen LogP contribution is -2.32. The molecule has 0 aromatic heterocycles. The maximum absolute atomic E-state index is 10.9. The van der Waals surface area contributed by atoms with Gasteiger partial charge in [-0.25, -0.2) is 13.1 Å². The summed E-state index contributed by atoms with van der Waals surface area (Å²) in [6.45, 7) is 3.00. The largest absolute Gasteiger partial charge is 0.497 e. The Labute approximate surface area is 109 Å².